The first kappa shape index (κ1) is 17.9. The van der Waals surface area contributed by atoms with Crippen LogP contribution in [0.4, 0.5) is 11.4 Å². The molecule has 1 aromatic carbocycles. The van der Waals surface area contributed by atoms with Crippen molar-refractivity contribution in [1.82, 2.24) is 4.90 Å². The minimum atomic E-state index is -0.717. The van der Waals surface area contributed by atoms with E-state index in [1.54, 1.807) is 6.07 Å². The van der Waals surface area contributed by atoms with Crippen LogP contribution in [-0.4, -0.2) is 53.6 Å². The Morgan fingerprint density at radius 3 is 2.83 bits per heavy atom. The lowest BCUT2D eigenvalue weighted by Gasteiger charge is -2.15. The molecule has 1 aliphatic heterocycles. The van der Waals surface area contributed by atoms with Crippen molar-refractivity contribution < 1.29 is 24.4 Å². The zero-order chi connectivity index (χ0) is 17.9. The number of nitrogens with zero attached hydrogens (tertiary/aromatic N) is 2. The number of benzene rings is 1. The maximum absolute atomic E-state index is 12.4. The third-order valence-electron chi connectivity index (χ3n) is 3.37. The van der Waals surface area contributed by atoms with Gasteiger partial charge in [-0.15, -0.1) is 0 Å². The van der Waals surface area contributed by atoms with Crippen molar-refractivity contribution in [3.63, 3.8) is 0 Å². The average molecular weight is 400 g/mol. The number of aliphatic hydroxyl groups is 1. The molecule has 10 heteroatoms. The smallest absolute Gasteiger partial charge is 0.337 e. The largest absolute Gasteiger partial charge is 0.466 e. The molecule has 1 amide bonds. The highest BCUT2D eigenvalue weighted by Gasteiger charge is 2.35. The van der Waals surface area contributed by atoms with Gasteiger partial charge in [0.2, 0.25) is 0 Å². The Labute approximate surface area is 145 Å². The van der Waals surface area contributed by atoms with E-state index in [1.807, 2.05) is 0 Å². The fourth-order valence-electron chi connectivity index (χ4n) is 2.25. The summed E-state index contributed by atoms with van der Waals surface area (Å²) in [6.45, 7) is -0.280. The molecule has 0 saturated heterocycles. The van der Waals surface area contributed by atoms with E-state index in [0.717, 1.165) is 0 Å². The van der Waals surface area contributed by atoms with E-state index in [-0.39, 0.29) is 42.3 Å². The third kappa shape index (κ3) is 3.54. The summed E-state index contributed by atoms with van der Waals surface area (Å²) >= 11 is 3.14. The number of nitro groups is 1. The van der Waals surface area contributed by atoms with Crippen LogP contribution in [0.3, 0.4) is 0 Å². The summed E-state index contributed by atoms with van der Waals surface area (Å²) in [7, 11) is 1.17. The number of nitrogens with one attached hydrogen (secondary N) is 1. The number of rotatable bonds is 6. The number of halogens is 1. The third-order valence-corrected chi connectivity index (χ3v) is 3.86. The molecule has 128 valence electrons. The topological polar surface area (TPSA) is 122 Å². The highest BCUT2D eigenvalue weighted by atomic mass is 79.9. The van der Waals surface area contributed by atoms with Crippen molar-refractivity contribution in [1.29, 1.82) is 0 Å². The maximum atomic E-state index is 12.4. The molecule has 0 fully saturated rings. The van der Waals surface area contributed by atoms with Gasteiger partial charge in [0.15, 0.2) is 0 Å². The predicted molar refractivity (Wildman–Crippen MR) is 87.1 cm³/mol. The number of hydrogen-bond donors (Lipinski definition) is 2. The van der Waals surface area contributed by atoms with Gasteiger partial charge in [-0.1, -0.05) is 15.9 Å². The Morgan fingerprint density at radius 2 is 2.25 bits per heavy atom. The van der Waals surface area contributed by atoms with E-state index >= 15 is 0 Å². The summed E-state index contributed by atoms with van der Waals surface area (Å²) < 4.78 is 5.16. The van der Waals surface area contributed by atoms with Crippen molar-refractivity contribution in [2.75, 3.05) is 32.1 Å². The molecule has 0 radical (unpaired) electrons. The highest BCUT2D eigenvalue weighted by molar-refractivity contribution is 9.10. The van der Waals surface area contributed by atoms with Gasteiger partial charge < -0.3 is 20.1 Å². The summed E-state index contributed by atoms with van der Waals surface area (Å²) in [5, 5.41) is 22.8. The fourth-order valence-corrected chi connectivity index (χ4v) is 2.59. The molecular weight excluding hydrogens is 386 g/mol. The van der Waals surface area contributed by atoms with Crippen molar-refractivity contribution in [3.8, 4) is 0 Å². The molecule has 9 nitrogen and oxygen atoms in total. The van der Waals surface area contributed by atoms with Gasteiger partial charge in [0.05, 0.1) is 30.8 Å². The summed E-state index contributed by atoms with van der Waals surface area (Å²) in [6, 6.07) is 4.27. The number of aliphatic hydroxyl groups excluding tert-OH is 1. The number of esters is 1. The number of carbonyl (C=O) groups is 2. The number of nitro benzene ring substituents is 1. The van der Waals surface area contributed by atoms with E-state index in [9.17, 15) is 19.7 Å². The summed E-state index contributed by atoms with van der Waals surface area (Å²) in [4.78, 5) is 36.1. The minimum Gasteiger partial charge on any atom is -0.466 e. The Kier molecular flexibility index (Phi) is 5.52. The number of β-amino-alcohol motifs (C(OH)–C–C–N with tert-alkyl or cyclic N) is 1. The first-order valence-electron chi connectivity index (χ1n) is 6.81. The van der Waals surface area contributed by atoms with Gasteiger partial charge in [-0.05, 0) is 12.1 Å². The van der Waals surface area contributed by atoms with Crippen LogP contribution in [0.2, 0.25) is 0 Å². The van der Waals surface area contributed by atoms with Gasteiger partial charge in [0, 0.05) is 17.1 Å². The number of carbonyl (C=O) groups excluding carboxylic acids is 2. The molecule has 2 rings (SSSR count). The molecule has 24 heavy (non-hydrogen) atoms. The maximum Gasteiger partial charge on any atom is 0.337 e. The summed E-state index contributed by atoms with van der Waals surface area (Å²) in [5.74, 6) is -1.26. The zero-order valence-electron chi connectivity index (χ0n) is 12.6. The molecule has 1 aromatic rings. The second-order valence-corrected chi connectivity index (χ2v) is 5.75. The second kappa shape index (κ2) is 7.41. The van der Waals surface area contributed by atoms with Crippen molar-refractivity contribution in [3.05, 3.63) is 44.1 Å². The van der Waals surface area contributed by atoms with Crippen LogP contribution >= 0.6 is 15.9 Å². The first-order valence-corrected chi connectivity index (χ1v) is 7.61. The van der Waals surface area contributed by atoms with E-state index in [2.05, 4.69) is 26.0 Å². The molecule has 0 aliphatic carbocycles. The van der Waals surface area contributed by atoms with Crippen LogP contribution in [0, 0.1) is 10.1 Å². The number of hydrogen-bond acceptors (Lipinski definition) is 7. The molecule has 0 bridgehead atoms. The molecule has 0 unspecified atom stereocenters. The first-order chi connectivity index (χ1) is 11.4. The molecule has 0 spiro atoms. The molecule has 0 saturated carbocycles. The Balaban J connectivity index is 2.43. The number of anilines is 1. The van der Waals surface area contributed by atoms with E-state index in [4.69, 9.17) is 5.11 Å². The quantitative estimate of drug-likeness (QED) is 0.416. The Morgan fingerprint density at radius 1 is 1.54 bits per heavy atom. The zero-order valence-corrected chi connectivity index (χ0v) is 14.2. The normalized spacial score (nSPS) is 14.1. The second-order valence-electron chi connectivity index (χ2n) is 4.84. The lowest BCUT2D eigenvalue weighted by atomic mass is 10.2. The van der Waals surface area contributed by atoms with Gasteiger partial charge >= 0.3 is 5.97 Å². The predicted octanol–water partition coefficient (Wildman–Crippen LogP) is 1.03. The molecule has 0 aromatic heterocycles. The molecular formula is C14H14BrN3O6. The molecule has 2 N–H and O–H groups in total. The fraction of sp³-hybridized carbons (Fsp3) is 0.286. The van der Waals surface area contributed by atoms with Crippen molar-refractivity contribution in [2.45, 2.75) is 0 Å². The molecule has 1 heterocycles. The highest BCUT2D eigenvalue weighted by Crippen LogP contribution is 2.31. The summed E-state index contributed by atoms with van der Waals surface area (Å²) in [6.07, 6.45) is 0. The molecule has 1 aliphatic rings. The number of ether oxygens (including phenoxy) is 1. The molecule has 0 atom stereocenters. The number of methoxy groups -OCH3 is 1. The van der Waals surface area contributed by atoms with Gasteiger partial charge in [0.25, 0.3) is 11.6 Å². The van der Waals surface area contributed by atoms with Crippen LogP contribution in [0.1, 0.15) is 0 Å². The standard InChI is InChI=1S/C14H14BrN3O6/c1-24-14(21)9-7-17(4-5-19)13(20)12(9)16-10-3-2-8(15)6-11(10)18(22)23/h2-3,6,16,19H,4-5,7H2,1H3. The Bertz CT molecular complexity index is 733. The van der Waals surface area contributed by atoms with E-state index in [0.29, 0.717) is 4.47 Å². The van der Waals surface area contributed by atoms with E-state index in [1.165, 1.54) is 24.1 Å². The average Bonchev–Trinajstić information content (AvgIpc) is 2.85. The Hall–Kier alpha value is -2.46. The van der Waals surface area contributed by atoms with Crippen LogP contribution in [-0.2, 0) is 14.3 Å². The minimum absolute atomic E-state index is 0.0347. The van der Waals surface area contributed by atoms with Crippen LogP contribution < -0.4 is 5.32 Å². The lowest BCUT2D eigenvalue weighted by Crippen LogP contribution is -2.31. The van der Waals surface area contributed by atoms with Gasteiger partial charge in [-0.3, -0.25) is 14.9 Å². The van der Waals surface area contributed by atoms with Crippen molar-refractivity contribution >= 4 is 39.2 Å². The SMILES string of the molecule is COC(=O)C1=C(Nc2ccc(Br)cc2[N+](=O)[O-])C(=O)N(CCO)C1. The van der Waals surface area contributed by atoms with Crippen LogP contribution in [0.15, 0.2) is 33.9 Å². The van der Waals surface area contributed by atoms with Gasteiger partial charge in [-0.25, -0.2) is 4.79 Å². The number of amides is 1. The van der Waals surface area contributed by atoms with E-state index < -0.39 is 16.8 Å². The van der Waals surface area contributed by atoms with Gasteiger partial charge in [0.1, 0.15) is 11.4 Å². The van der Waals surface area contributed by atoms with Gasteiger partial charge in [-0.2, -0.15) is 0 Å². The van der Waals surface area contributed by atoms with Crippen molar-refractivity contribution in [2.24, 2.45) is 0 Å². The van der Waals surface area contributed by atoms with Crippen LogP contribution in [0.25, 0.3) is 0 Å². The van der Waals surface area contributed by atoms with Crippen LogP contribution in [0.5, 0.6) is 0 Å². The monoisotopic (exact) mass is 399 g/mol. The summed E-state index contributed by atoms with van der Waals surface area (Å²) in [5.41, 5.74) is -0.234. The lowest BCUT2D eigenvalue weighted by molar-refractivity contribution is -0.384.